The first kappa shape index (κ1) is 14.5. The zero-order chi connectivity index (χ0) is 14.7. The van der Waals surface area contributed by atoms with Gasteiger partial charge in [-0.05, 0) is 51.2 Å². The molecule has 2 saturated heterocycles. The average molecular weight is 293 g/mol. The summed E-state index contributed by atoms with van der Waals surface area (Å²) in [6.07, 6.45) is 4.95. The predicted molar refractivity (Wildman–Crippen MR) is 77.9 cm³/mol. The summed E-state index contributed by atoms with van der Waals surface area (Å²) in [7, 11) is 0. The number of nitrogens with zero attached hydrogens (tertiary/aromatic N) is 3. The van der Waals surface area contributed by atoms with Crippen LogP contribution in [-0.2, 0) is 4.79 Å². The van der Waals surface area contributed by atoms with Crippen LogP contribution in [0.4, 0.5) is 6.01 Å². The maximum atomic E-state index is 11.9. The third-order valence-corrected chi connectivity index (χ3v) is 4.44. The van der Waals surface area contributed by atoms with Crippen molar-refractivity contribution in [2.45, 2.75) is 38.6 Å². The molecule has 0 aliphatic carbocycles. The van der Waals surface area contributed by atoms with E-state index in [0.29, 0.717) is 18.5 Å². The monoisotopic (exact) mass is 293 g/mol. The van der Waals surface area contributed by atoms with Crippen LogP contribution in [0.25, 0.3) is 0 Å². The van der Waals surface area contributed by atoms with Crippen molar-refractivity contribution in [2.75, 3.05) is 31.5 Å². The molecular formula is C14H23N5O2. The van der Waals surface area contributed by atoms with E-state index in [-0.39, 0.29) is 11.9 Å². The summed E-state index contributed by atoms with van der Waals surface area (Å²) in [6.45, 7) is 5.23. The van der Waals surface area contributed by atoms with Crippen LogP contribution in [0.3, 0.4) is 0 Å². The quantitative estimate of drug-likeness (QED) is 0.853. The lowest BCUT2D eigenvalue weighted by atomic mass is 9.88. The molecule has 2 N–H and O–H groups in total. The molecule has 21 heavy (non-hydrogen) atoms. The van der Waals surface area contributed by atoms with Gasteiger partial charge in [0.25, 0.3) is 0 Å². The highest BCUT2D eigenvalue weighted by atomic mass is 16.4. The number of hydrogen-bond acceptors (Lipinski definition) is 6. The van der Waals surface area contributed by atoms with Gasteiger partial charge >= 0.3 is 6.01 Å². The van der Waals surface area contributed by atoms with E-state index in [1.54, 1.807) is 6.92 Å². The second-order valence-corrected chi connectivity index (χ2v) is 5.99. The number of aromatic nitrogens is 2. The van der Waals surface area contributed by atoms with Gasteiger partial charge in [-0.3, -0.25) is 15.0 Å². The Morgan fingerprint density at radius 3 is 2.81 bits per heavy atom. The summed E-state index contributed by atoms with van der Waals surface area (Å²) >= 11 is 0. The Morgan fingerprint density at radius 2 is 2.19 bits per heavy atom. The summed E-state index contributed by atoms with van der Waals surface area (Å²) in [5.74, 6) is 1.14. The van der Waals surface area contributed by atoms with Crippen molar-refractivity contribution < 1.29 is 9.21 Å². The van der Waals surface area contributed by atoms with Gasteiger partial charge in [-0.2, -0.15) is 0 Å². The zero-order valence-corrected chi connectivity index (χ0v) is 12.5. The van der Waals surface area contributed by atoms with E-state index in [1.165, 1.54) is 25.7 Å². The fraction of sp³-hybridized carbons (Fsp3) is 0.786. The number of anilines is 1. The van der Waals surface area contributed by atoms with Gasteiger partial charge in [-0.1, -0.05) is 5.10 Å². The maximum Gasteiger partial charge on any atom is 0.322 e. The van der Waals surface area contributed by atoms with Gasteiger partial charge in [0.1, 0.15) is 0 Å². The second kappa shape index (κ2) is 6.53. The number of piperidine rings is 1. The standard InChI is InChI=1S/C14H23N5O2/c1-10-17-18-14(21-10)16-13(20)9-19-7-4-11(5-8-19)12-3-2-6-15-12/h11-12,15H,2-9H2,1H3,(H,16,18,20). The van der Waals surface area contributed by atoms with Crippen molar-refractivity contribution in [2.24, 2.45) is 5.92 Å². The van der Waals surface area contributed by atoms with Crippen molar-refractivity contribution in [3.8, 4) is 0 Å². The number of aryl methyl sites for hydroxylation is 1. The van der Waals surface area contributed by atoms with Crippen LogP contribution in [0.15, 0.2) is 4.42 Å². The molecule has 0 saturated carbocycles. The molecule has 3 rings (SSSR count). The molecule has 2 aliphatic rings. The van der Waals surface area contributed by atoms with Crippen molar-refractivity contribution in [3.63, 3.8) is 0 Å². The van der Waals surface area contributed by atoms with Crippen LogP contribution in [-0.4, -0.2) is 53.2 Å². The molecule has 1 aromatic rings. The molecule has 0 spiro atoms. The Hall–Kier alpha value is -1.47. The molecule has 1 unspecified atom stereocenters. The predicted octanol–water partition coefficient (Wildman–Crippen LogP) is 0.781. The van der Waals surface area contributed by atoms with Crippen molar-refractivity contribution >= 4 is 11.9 Å². The smallest absolute Gasteiger partial charge is 0.322 e. The topological polar surface area (TPSA) is 83.3 Å². The van der Waals surface area contributed by atoms with E-state index in [2.05, 4.69) is 25.7 Å². The highest BCUT2D eigenvalue weighted by Crippen LogP contribution is 2.25. The molecule has 1 aromatic heterocycles. The number of hydrogen-bond donors (Lipinski definition) is 2. The molecule has 7 nitrogen and oxygen atoms in total. The van der Waals surface area contributed by atoms with Gasteiger partial charge in [-0.15, -0.1) is 5.10 Å². The molecule has 116 valence electrons. The highest BCUT2D eigenvalue weighted by molar-refractivity contribution is 5.90. The first-order chi connectivity index (χ1) is 10.2. The molecule has 1 amide bonds. The summed E-state index contributed by atoms with van der Waals surface area (Å²) in [4.78, 5) is 14.1. The molecule has 1 atom stereocenters. The van der Waals surface area contributed by atoms with E-state index >= 15 is 0 Å². The SMILES string of the molecule is Cc1nnc(NC(=O)CN2CCC(C3CCCN3)CC2)o1. The lowest BCUT2D eigenvalue weighted by Crippen LogP contribution is -2.43. The van der Waals surface area contributed by atoms with Crippen LogP contribution in [0.1, 0.15) is 31.6 Å². The van der Waals surface area contributed by atoms with Gasteiger partial charge in [0.2, 0.25) is 11.8 Å². The van der Waals surface area contributed by atoms with Crippen LogP contribution in [0, 0.1) is 12.8 Å². The largest absolute Gasteiger partial charge is 0.408 e. The Bertz CT molecular complexity index is 475. The van der Waals surface area contributed by atoms with E-state index < -0.39 is 0 Å². The minimum absolute atomic E-state index is 0.0870. The molecular weight excluding hydrogens is 270 g/mol. The van der Waals surface area contributed by atoms with Crippen molar-refractivity contribution in [3.05, 3.63) is 5.89 Å². The average Bonchev–Trinajstić information content (AvgIpc) is 3.11. The lowest BCUT2D eigenvalue weighted by molar-refractivity contribution is -0.117. The van der Waals surface area contributed by atoms with Crippen LogP contribution < -0.4 is 10.6 Å². The summed E-state index contributed by atoms with van der Waals surface area (Å²) in [5, 5.41) is 13.7. The van der Waals surface area contributed by atoms with E-state index in [0.717, 1.165) is 25.6 Å². The van der Waals surface area contributed by atoms with Gasteiger partial charge in [0, 0.05) is 13.0 Å². The van der Waals surface area contributed by atoms with Crippen LogP contribution >= 0.6 is 0 Å². The van der Waals surface area contributed by atoms with E-state index in [4.69, 9.17) is 4.42 Å². The lowest BCUT2D eigenvalue weighted by Gasteiger charge is -2.34. The maximum absolute atomic E-state index is 11.9. The minimum Gasteiger partial charge on any atom is -0.408 e. The Balaban J connectivity index is 1.41. The number of nitrogens with one attached hydrogen (secondary N) is 2. The molecule has 0 aromatic carbocycles. The number of amides is 1. The number of carbonyl (C=O) groups is 1. The first-order valence-corrected chi connectivity index (χ1v) is 7.76. The van der Waals surface area contributed by atoms with E-state index in [1.807, 2.05) is 0 Å². The van der Waals surface area contributed by atoms with E-state index in [9.17, 15) is 4.79 Å². The normalized spacial score (nSPS) is 24.3. The van der Waals surface area contributed by atoms with Crippen LogP contribution in [0.5, 0.6) is 0 Å². The molecule has 7 heteroatoms. The molecule has 2 fully saturated rings. The highest BCUT2D eigenvalue weighted by Gasteiger charge is 2.28. The first-order valence-electron chi connectivity index (χ1n) is 7.76. The van der Waals surface area contributed by atoms with Crippen molar-refractivity contribution in [1.29, 1.82) is 0 Å². The Labute approximate surface area is 124 Å². The summed E-state index contributed by atoms with van der Waals surface area (Å²) < 4.78 is 5.15. The van der Waals surface area contributed by atoms with Gasteiger partial charge in [0.05, 0.1) is 6.54 Å². The Morgan fingerprint density at radius 1 is 1.38 bits per heavy atom. The number of likely N-dealkylation sites (tertiary alicyclic amines) is 1. The van der Waals surface area contributed by atoms with Gasteiger partial charge in [-0.25, -0.2) is 0 Å². The zero-order valence-electron chi connectivity index (χ0n) is 12.5. The summed E-state index contributed by atoms with van der Waals surface area (Å²) in [6, 6.07) is 0.880. The molecule has 0 radical (unpaired) electrons. The molecule has 0 bridgehead atoms. The second-order valence-electron chi connectivity index (χ2n) is 5.99. The molecule has 3 heterocycles. The van der Waals surface area contributed by atoms with Gasteiger partial charge in [0.15, 0.2) is 0 Å². The molecule has 2 aliphatic heterocycles. The number of carbonyl (C=O) groups excluding carboxylic acids is 1. The van der Waals surface area contributed by atoms with Gasteiger partial charge < -0.3 is 9.73 Å². The van der Waals surface area contributed by atoms with Crippen molar-refractivity contribution in [1.82, 2.24) is 20.4 Å². The summed E-state index contributed by atoms with van der Waals surface area (Å²) in [5.41, 5.74) is 0. The fourth-order valence-electron chi connectivity index (χ4n) is 3.34. The fourth-order valence-corrected chi connectivity index (χ4v) is 3.34. The number of rotatable bonds is 4. The minimum atomic E-state index is -0.0870. The van der Waals surface area contributed by atoms with Crippen LogP contribution in [0.2, 0.25) is 0 Å². The Kier molecular flexibility index (Phi) is 4.50. The third-order valence-electron chi connectivity index (χ3n) is 4.44. The third kappa shape index (κ3) is 3.79.